The van der Waals surface area contributed by atoms with Crippen molar-refractivity contribution in [1.82, 2.24) is 9.97 Å². The number of hydrogen-bond donors (Lipinski definition) is 3. The summed E-state index contributed by atoms with van der Waals surface area (Å²) in [5.74, 6) is 6.73. The van der Waals surface area contributed by atoms with Gasteiger partial charge in [-0.15, -0.1) is 11.3 Å². The molecule has 0 aliphatic carbocycles. The highest BCUT2D eigenvalue weighted by Crippen LogP contribution is 2.23. The molecule has 2 heterocycles. The van der Waals surface area contributed by atoms with E-state index in [1.807, 2.05) is 19.1 Å². The van der Waals surface area contributed by atoms with Crippen LogP contribution in [0.25, 0.3) is 0 Å². The van der Waals surface area contributed by atoms with Gasteiger partial charge < -0.3 is 10.7 Å². The van der Waals surface area contributed by atoms with Crippen LogP contribution in [-0.4, -0.2) is 9.97 Å². The van der Waals surface area contributed by atoms with Gasteiger partial charge in [-0.3, -0.25) is 0 Å². The average Bonchev–Trinajstić information content (AvgIpc) is 2.74. The summed E-state index contributed by atoms with van der Waals surface area (Å²) in [5, 5.41) is 3.22. The van der Waals surface area contributed by atoms with Gasteiger partial charge in [-0.05, 0) is 19.1 Å². The number of nitrogens with zero attached hydrogens (tertiary/aromatic N) is 2. The summed E-state index contributed by atoms with van der Waals surface area (Å²) in [4.78, 5) is 9.32. The van der Waals surface area contributed by atoms with E-state index in [1.165, 1.54) is 6.33 Å². The van der Waals surface area contributed by atoms with Crippen LogP contribution in [0, 0.1) is 6.92 Å². The molecule has 0 atom stereocenters. The predicted octanol–water partition coefficient (Wildman–Crippen LogP) is 2.40. The molecule has 2 rings (SSSR count). The van der Waals surface area contributed by atoms with Crippen molar-refractivity contribution < 1.29 is 0 Å². The normalized spacial score (nSPS) is 10.3. The number of nitrogens with two attached hydrogens (primary N) is 1. The Labute approximate surface area is 108 Å². The molecule has 0 saturated heterocycles. The Balaban J connectivity index is 2.09. The molecule has 0 saturated carbocycles. The van der Waals surface area contributed by atoms with Gasteiger partial charge in [0.05, 0.1) is 10.9 Å². The molecule has 4 N–H and O–H groups in total. The smallest absolute Gasteiger partial charge is 0.148 e. The molecule has 0 aliphatic heterocycles. The highest BCUT2D eigenvalue weighted by Gasteiger charge is 2.06. The van der Waals surface area contributed by atoms with Gasteiger partial charge in [0.1, 0.15) is 18.0 Å². The van der Waals surface area contributed by atoms with Gasteiger partial charge in [-0.1, -0.05) is 11.6 Å². The molecule has 90 valence electrons. The Morgan fingerprint density at radius 3 is 2.76 bits per heavy atom. The van der Waals surface area contributed by atoms with E-state index < -0.39 is 0 Å². The number of hydrazine groups is 1. The molecule has 0 spiro atoms. The van der Waals surface area contributed by atoms with Gasteiger partial charge >= 0.3 is 0 Å². The molecule has 0 radical (unpaired) electrons. The van der Waals surface area contributed by atoms with Crippen LogP contribution in [0.5, 0.6) is 0 Å². The SMILES string of the molecule is Cc1c(NN)ncnc1NCc1ccc(Cl)s1. The lowest BCUT2D eigenvalue weighted by Crippen LogP contribution is -2.12. The number of aromatic nitrogens is 2. The molecular weight excluding hydrogens is 258 g/mol. The van der Waals surface area contributed by atoms with Crippen LogP contribution < -0.4 is 16.6 Å². The van der Waals surface area contributed by atoms with Gasteiger partial charge in [-0.2, -0.15) is 0 Å². The van der Waals surface area contributed by atoms with Crippen LogP contribution in [0.3, 0.4) is 0 Å². The van der Waals surface area contributed by atoms with E-state index in [0.717, 1.165) is 20.6 Å². The average molecular weight is 270 g/mol. The number of anilines is 2. The minimum Gasteiger partial charge on any atom is -0.365 e. The highest BCUT2D eigenvalue weighted by molar-refractivity contribution is 7.16. The second kappa shape index (κ2) is 5.31. The number of thiophene rings is 1. The van der Waals surface area contributed by atoms with E-state index >= 15 is 0 Å². The second-order valence-corrected chi connectivity index (χ2v) is 5.20. The van der Waals surface area contributed by atoms with E-state index in [2.05, 4.69) is 20.7 Å². The third kappa shape index (κ3) is 2.85. The van der Waals surface area contributed by atoms with Crippen molar-refractivity contribution in [1.29, 1.82) is 0 Å². The van der Waals surface area contributed by atoms with Crippen molar-refractivity contribution in [3.8, 4) is 0 Å². The van der Waals surface area contributed by atoms with Crippen LogP contribution in [-0.2, 0) is 6.54 Å². The zero-order valence-corrected chi connectivity index (χ0v) is 10.8. The minimum absolute atomic E-state index is 0.617. The Morgan fingerprint density at radius 2 is 2.12 bits per heavy atom. The van der Waals surface area contributed by atoms with Gasteiger partial charge in [0.2, 0.25) is 0 Å². The quantitative estimate of drug-likeness (QED) is 0.587. The summed E-state index contributed by atoms with van der Waals surface area (Å²) in [6, 6.07) is 3.86. The largest absolute Gasteiger partial charge is 0.365 e. The van der Waals surface area contributed by atoms with Gasteiger partial charge in [-0.25, -0.2) is 15.8 Å². The fraction of sp³-hybridized carbons (Fsp3) is 0.200. The van der Waals surface area contributed by atoms with E-state index in [9.17, 15) is 0 Å². The molecule has 2 aromatic heterocycles. The van der Waals surface area contributed by atoms with Crippen LogP contribution >= 0.6 is 22.9 Å². The summed E-state index contributed by atoms with van der Waals surface area (Å²) < 4.78 is 0.783. The first-order chi connectivity index (χ1) is 8.20. The number of halogens is 1. The second-order valence-electron chi connectivity index (χ2n) is 3.40. The van der Waals surface area contributed by atoms with Crippen molar-refractivity contribution >= 4 is 34.6 Å². The molecule has 0 aromatic carbocycles. The number of hydrogen-bond acceptors (Lipinski definition) is 6. The first kappa shape index (κ1) is 12.1. The molecule has 0 aliphatic rings. The summed E-state index contributed by atoms with van der Waals surface area (Å²) in [6.45, 7) is 2.58. The molecule has 7 heteroatoms. The molecule has 17 heavy (non-hydrogen) atoms. The fourth-order valence-corrected chi connectivity index (χ4v) is 2.42. The molecule has 0 amide bonds. The van der Waals surface area contributed by atoms with Crippen LogP contribution in [0.1, 0.15) is 10.4 Å². The van der Waals surface area contributed by atoms with Crippen molar-refractivity contribution in [3.05, 3.63) is 33.2 Å². The van der Waals surface area contributed by atoms with Crippen LogP contribution in [0.4, 0.5) is 11.6 Å². The zero-order valence-electron chi connectivity index (χ0n) is 9.20. The van der Waals surface area contributed by atoms with Crippen molar-refractivity contribution in [2.45, 2.75) is 13.5 Å². The third-order valence-electron chi connectivity index (χ3n) is 2.28. The Morgan fingerprint density at radius 1 is 1.35 bits per heavy atom. The predicted molar refractivity (Wildman–Crippen MR) is 71.2 cm³/mol. The maximum atomic E-state index is 5.86. The van der Waals surface area contributed by atoms with Gasteiger partial charge in [0.25, 0.3) is 0 Å². The Kier molecular flexibility index (Phi) is 3.78. The molecule has 0 unspecified atom stereocenters. The van der Waals surface area contributed by atoms with Crippen molar-refractivity contribution in [2.75, 3.05) is 10.7 Å². The molecular formula is C10H12ClN5S. The standard InChI is InChI=1S/C10H12ClN5S/c1-6-9(14-5-15-10(6)16-12)13-4-7-2-3-8(11)17-7/h2-3,5H,4,12H2,1H3,(H2,13,14,15,16). The maximum absolute atomic E-state index is 5.86. The molecule has 0 fully saturated rings. The topological polar surface area (TPSA) is 75.9 Å². The van der Waals surface area contributed by atoms with Crippen LogP contribution in [0.2, 0.25) is 4.34 Å². The number of nitrogens with one attached hydrogen (secondary N) is 2. The monoisotopic (exact) mass is 269 g/mol. The number of rotatable bonds is 4. The summed E-state index contributed by atoms with van der Waals surface area (Å²) in [6.07, 6.45) is 1.46. The van der Waals surface area contributed by atoms with E-state index in [1.54, 1.807) is 11.3 Å². The Bertz CT molecular complexity index is 513. The van der Waals surface area contributed by atoms with Gasteiger partial charge in [0.15, 0.2) is 0 Å². The van der Waals surface area contributed by atoms with Crippen LogP contribution in [0.15, 0.2) is 18.5 Å². The fourth-order valence-electron chi connectivity index (χ4n) is 1.39. The van der Waals surface area contributed by atoms with Crippen molar-refractivity contribution in [3.63, 3.8) is 0 Å². The molecule has 2 aromatic rings. The summed E-state index contributed by atoms with van der Waals surface area (Å²) >= 11 is 7.40. The van der Waals surface area contributed by atoms with E-state index in [4.69, 9.17) is 17.4 Å². The lowest BCUT2D eigenvalue weighted by Gasteiger charge is -2.09. The first-order valence-corrected chi connectivity index (χ1v) is 6.16. The van der Waals surface area contributed by atoms with Gasteiger partial charge in [0, 0.05) is 10.4 Å². The number of nitrogen functional groups attached to an aromatic ring is 1. The molecule has 5 nitrogen and oxygen atoms in total. The van der Waals surface area contributed by atoms with Crippen molar-refractivity contribution in [2.24, 2.45) is 5.84 Å². The summed E-state index contributed by atoms with van der Waals surface area (Å²) in [7, 11) is 0. The Hall–Kier alpha value is -1.37. The maximum Gasteiger partial charge on any atom is 0.148 e. The zero-order chi connectivity index (χ0) is 12.3. The van der Waals surface area contributed by atoms with E-state index in [-0.39, 0.29) is 0 Å². The highest BCUT2D eigenvalue weighted by atomic mass is 35.5. The molecule has 0 bridgehead atoms. The minimum atomic E-state index is 0.617. The van der Waals surface area contributed by atoms with E-state index in [0.29, 0.717) is 12.4 Å². The third-order valence-corrected chi connectivity index (χ3v) is 3.51. The first-order valence-electron chi connectivity index (χ1n) is 4.97. The lowest BCUT2D eigenvalue weighted by atomic mass is 10.3. The lowest BCUT2D eigenvalue weighted by molar-refractivity contribution is 1.06. The summed E-state index contributed by atoms with van der Waals surface area (Å²) in [5.41, 5.74) is 3.42.